The number of carbonyl (C=O) groups excluding carboxylic acids is 1. The molecule has 0 atom stereocenters. The Hall–Kier alpha value is -4.39. The van der Waals surface area contributed by atoms with Gasteiger partial charge in [-0.15, -0.1) is 0 Å². The number of nitrogens with zero attached hydrogens (tertiary/aromatic N) is 3. The van der Waals surface area contributed by atoms with Crippen LogP contribution in [0.5, 0.6) is 5.75 Å². The van der Waals surface area contributed by atoms with Crippen LogP contribution in [-0.4, -0.2) is 43.9 Å². The zero-order valence-corrected chi connectivity index (χ0v) is 20.3. The van der Waals surface area contributed by atoms with Crippen LogP contribution < -0.4 is 4.74 Å². The van der Waals surface area contributed by atoms with Gasteiger partial charge in [0.25, 0.3) is 0 Å². The van der Waals surface area contributed by atoms with Crippen molar-refractivity contribution in [2.24, 2.45) is 7.05 Å². The number of H-pyrrole nitrogens is 1. The van der Waals surface area contributed by atoms with Gasteiger partial charge in [0.15, 0.2) is 23.2 Å². The number of imidazole rings is 1. The van der Waals surface area contributed by atoms with Crippen LogP contribution in [0.3, 0.4) is 0 Å². The van der Waals surface area contributed by atoms with Gasteiger partial charge in [0, 0.05) is 29.1 Å². The Bertz CT molecular complexity index is 1750. The molecule has 0 aliphatic rings. The van der Waals surface area contributed by atoms with E-state index in [-0.39, 0.29) is 45.6 Å². The lowest BCUT2D eigenvalue weighted by atomic mass is 9.94. The first kappa shape index (κ1) is 26.2. The molecule has 13 heteroatoms. The van der Waals surface area contributed by atoms with Crippen LogP contribution in [0.4, 0.5) is 26.3 Å². The first-order valence-corrected chi connectivity index (χ1v) is 11.4. The minimum absolute atomic E-state index is 0.00439. The third kappa shape index (κ3) is 4.28. The normalized spacial score (nSPS) is 12.0. The number of halogens is 6. The van der Waals surface area contributed by atoms with Crippen LogP contribution >= 0.6 is 0 Å². The molecule has 7 nitrogen and oxygen atoms in total. The molecule has 2 aromatic heterocycles. The van der Waals surface area contributed by atoms with Crippen molar-refractivity contribution in [3.05, 3.63) is 76.5 Å². The second-order valence-corrected chi connectivity index (χ2v) is 8.67. The van der Waals surface area contributed by atoms with Gasteiger partial charge < -0.3 is 14.4 Å². The molecule has 0 saturated heterocycles. The van der Waals surface area contributed by atoms with Crippen LogP contribution in [0.2, 0.25) is 0 Å². The molecule has 3 aromatic carbocycles. The number of aromatic nitrogens is 4. The fourth-order valence-corrected chi connectivity index (χ4v) is 4.44. The summed E-state index contributed by atoms with van der Waals surface area (Å²) in [7, 11) is 1.55. The highest BCUT2D eigenvalue weighted by molar-refractivity contribution is 6.16. The van der Waals surface area contributed by atoms with Crippen LogP contribution in [0, 0.1) is 24.4 Å². The zero-order valence-electron chi connectivity index (χ0n) is 20.3. The van der Waals surface area contributed by atoms with Gasteiger partial charge in [0.1, 0.15) is 23.6 Å². The van der Waals surface area contributed by atoms with Crippen molar-refractivity contribution in [2.45, 2.75) is 13.1 Å². The lowest BCUT2D eigenvalue weighted by Crippen LogP contribution is -2.11. The summed E-state index contributed by atoms with van der Waals surface area (Å²) in [5, 5.41) is 15.8. The molecule has 39 heavy (non-hydrogen) atoms. The SMILES string of the molecule is Cc1nc2c(OCCO)c(-c3cccc4c(C(=O)c5cc(F)c(F)c(F)c5)n[nH]c34)c(C(F)(F)F)cc2n1C. The van der Waals surface area contributed by atoms with Gasteiger partial charge in [-0.2, -0.15) is 18.3 Å². The van der Waals surface area contributed by atoms with Crippen LogP contribution in [0.25, 0.3) is 33.1 Å². The van der Waals surface area contributed by atoms with E-state index < -0.39 is 52.7 Å². The molecular formula is C26H18F6N4O3. The molecule has 0 aliphatic carbocycles. The van der Waals surface area contributed by atoms with Crippen molar-refractivity contribution >= 4 is 27.7 Å². The Morgan fingerprint density at radius 1 is 1.13 bits per heavy atom. The summed E-state index contributed by atoms with van der Waals surface area (Å²) < 4.78 is 91.4. The van der Waals surface area contributed by atoms with Gasteiger partial charge in [-0.25, -0.2) is 18.2 Å². The number of hydrogen-bond donors (Lipinski definition) is 2. The molecule has 2 heterocycles. The van der Waals surface area contributed by atoms with Gasteiger partial charge >= 0.3 is 6.18 Å². The minimum atomic E-state index is -4.86. The molecule has 0 fully saturated rings. The largest absolute Gasteiger partial charge is 0.488 e. The van der Waals surface area contributed by atoms with Gasteiger partial charge in [0.2, 0.25) is 5.78 Å². The number of ketones is 1. The number of rotatable bonds is 6. The first-order valence-electron chi connectivity index (χ1n) is 11.4. The number of nitrogens with one attached hydrogen (secondary N) is 1. The Labute approximate surface area is 215 Å². The summed E-state index contributed by atoms with van der Waals surface area (Å²) in [6, 6.07) is 6.05. The number of carbonyl (C=O) groups is 1. The first-order chi connectivity index (χ1) is 18.4. The highest BCUT2D eigenvalue weighted by atomic mass is 19.4. The number of aliphatic hydroxyl groups excluding tert-OH is 1. The Morgan fingerprint density at radius 2 is 1.82 bits per heavy atom. The fourth-order valence-electron chi connectivity index (χ4n) is 4.44. The summed E-state index contributed by atoms with van der Waals surface area (Å²) in [6.45, 7) is 0.793. The van der Waals surface area contributed by atoms with E-state index in [1.165, 1.54) is 22.8 Å². The number of para-hydroxylation sites is 1. The molecule has 0 unspecified atom stereocenters. The maximum Gasteiger partial charge on any atom is 0.417 e. The van der Waals surface area contributed by atoms with Gasteiger partial charge in [-0.3, -0.25) is 9.89 Å². The standard InChI is InChI=1S/C26H18F6N4O3/c1-11-33-23-18(36(11)2)10-15(26(30,31)32)19(25(23)39-7-6-37)13-4-3-5-14-21(13)34-35-22(14)24(38)12-8-16(27)20(29)17(28)9-12/h3-5,8-10,37H,6-7H2,1-2H3,(H,34,35). The number of ether oxygens (including phenoxy) is 1. The lowest BCUT2D eigenvalue weighted by Gasteiger charge is -2.19. The van der Waals surface area contributed by atoms with Gasteiger partial charge in [0.05, 0.1) is 23.2 Å². The molecule has 0 bridgehead atoms. The number of benzene rings is 3. The van der Waals surface area contributed by atoms with Crippen molar-refractivity contribution in [3.8, 4) is 16.9 Å². The smallest absolute Gasteiger partial charge is 0.417 e. The topological polar surface area (TPSA) is 93.0 Å². The molecular weight excluding hydrogens is 530 g/mol. The predicted octanol–water partition coefficient (Wildman–Crippen LogP) is 5.46. The molecule has 0 radical (unpaired) electrons. The molecule has 0 amide bonds. The average molecular weight is 548 g/mol. The van der Waals surface area contributed by atoms with Crippen molar-refractivity contribution in [1.82, 2.24) is 19.7 Å². The number of fused-ring (bicyclic) bond motifs is 2. The summed E-state index contributed by atoms with van der Waals surface area (Å²) in [5.41, 5.74) is -2.16. The number of hydrogen-bond acceptors (Lipinski definition) is 5. The Morgan fingerprint density at radius 3 is 2.46 bits per heavy atom. The predicted molar refractivity (Wildman–Crippen MR) is 128 cm³/mol. The zero-order chi connectivity index (χ0) is 28.2. The van der Waals surface area contributed by atoms with E-state index in [0.717, 1.165) is 6.07 Å². The maximum absolute atomic E-state index is 14.4. The van der Waals surface area contributed by atoms with Crippen molar-refractivity contribution in [2.75, 3.05) is 13.2 Å². The van der Waals surface area contributed by atoms with E-state index in [9.17, 15) is 36.2 Å². The van der Waals surface area contributed by atoms with E-state index >= 15 is 0 Å². The van der Waals surface area contributed by atoms with E-state index in [1.807, 2.05) is 0 Å². The molecule has 0 saturated carbocycles. The van der Waals surface area contributed by atoms with Crippen molar-refractivity contribution in [1.29, 1.82) is 0 Å². The number of aromatic amines is 1. The highest BCUT2D eigenvalue weighted by Crippen LogP contribution is 2.47. The van der Waals surface area contributed by atoms with E-state index in [1.54, 1.807) is 14.0 Å². The van der Waals surface area contributed by atoms with Crippen molar-refractivity contribution in [3.63, 3.8) is 0 Å². The summed E-state index contributed by atoms with van der Waals surface area (Å²) in [6.07, 6.45) is -4.86. The number of alkyl halides is 3. The molecule has 0 spiro atoms. The van der Waals surface area contributed by atoms with Crippen LogP contribution in [0.15, 0.2) is 36.4 Å². The summed E-state index contributed by atoms with van der Waals surface area (Å²) in [4.78, 5) is 17.4. The maximum atomic E-state index is 14.4. The Kier molecular flexibility index (Phi) is 6.33. The summed E-state index contributed by atoms with van der Waals surface area (Å²) >= 11 is 0. The Balaban J connectivity index is 1.79. The van der Waals surface area contributed by atoms with E-state index in [0.29, 0.717) is 18.0 Å². The fraction of sp³-hybridized carbons (Fsp3) is 0.192. The molecule has 5 rings (SSSR count). The summed E-state index contributed by atoms with van der Waals surface area (Å²) in [5.74, 6) is -5.74. The monoisotopic (exact) mass is 548 g/mol. The minimum Gasteiger partial charge on any atom is -0.488 e. The average Bonchev–Trinajstić information content (AvgIpc) is 3.45. The van der Waals surface area contributed by atoms with Gasteiger partial charge in [-0.05, 0) is 25.1 Å². The van der Waals surface area contributed by atoms with Crippen LogP contribution in [-0.2, 0) is 13.2 Å². The third-order valence-electron chi connectivity index (χ3n) is 6.33. The van der Waals surface area contributed by atoms with E-state index in [4.69, 9.17) is 4.74 Å². The van der Waals surface area contributed by atoms with Crippen molar-refractivity contribution < 1.29 is 41.0 Å². The van der Waals surface area contributed by atoms with Crippen LogP contribution in [0.1, 0.15) is 27.4 Å². The van der Waals surface area contributed by atoms with Gasteiger partial charge in [-0.1, -0.05) is 18.2 Å². The molecule has 202 valence electrons. The molecule has 2 N–H and O–H groups in total. The number of aliphatic hydroxyl groups is 1. The second kappa shape index (κ2) is 9.42. The van der Waals surface area contributed by atoms with E-state index in [2.05, 4.69) is 15.2 Å². The quantitative estimate of drug-likeness (QED) is 0.167. The lowest BCUT2D eigenvalue weighted by molar-refractivity contribution is -0.137. The highest BCUT2D eigenvalue weighted by Gasteiger charge is 2.38. The third-order valence-corrected chi connectivity index (χ3v) is 6.33. The second-order valence-electron chi connectivity index (χ2n) is 8.67. The number of aryl methyl sites for hydroxylation is 2. The molecule has 5 aromatic rings. The molecule has 0 aliphatic heterocycles.